The zero-order valence-electron chi connectivity index (χ0n) is 19.4. The summed E-state index contributed by atoms with van der Waals surface area (Å²) in [5.41, 5.74) is 9.48. The van der Waals surface area contributed by atoms with Crippen molar-refractivity contribution in [3.8, 4) is 11.8 Å². The van der Waals surface area contributed by atoms with Gasteiger partial charge in [0.25, 0.3) is 0 Å². The van der Waals surface area contributed by atoms with Gasteiger partial charge in [0.1, 0.15) is 40.7 Å². The Kier molecular flexibility index (Phi) is 5.57. The van der Waals surface area contributed by atoms with Crippen LogP contribution >= 0.6 is 0 Å². The third kappa shape index (κ3) is 3.88. The van der Waals surface area contributed by atoms with Gasteiger partial charge in [-0.25, -0.2) is 19.0 Å². The van der Waals surface area contributed by atoms with Crippen LogP contribution in [0.25, 0.3) is 16.6 Å². The number of para-hydroxylation sites is 1. The Labute approximate surface area is 204 Å². The smallest absolute Gasteiger partial charge is 0.219 e. The highest BCUT2D eigenvalue weighted by Gasteiger charge is 2.25. The maximum atomic E-state index is 14.2. The number of nitrogens with one attached hydrogen (secondary N) is 1. The molecule has 0 saturated carbocycles. The van der Waals surface area contributed by atoms with Gasteiger partial charge in [0.2, 0.25) is 5.71 Å². The molecule has 0 spiro atoms. The number of nitrogens with zero attached hydrogens (tertiary/aromatic N) is 8. The van der Waals surface area contributed by atoms with Gasteiger partial charge in [-0.3, -0.25) is 10.1 Å². The number of hydrogen-bond acceptors (Lipinski definition) is 8. The van der Waals surface area contributed by atoms with E-state index in [1.165, 1.54) is 17.1 Å². The number of halogens is 1. The molecule has 5 rings (SSSR count). The van der Waals surface area contributed by atoms with Crippen LogP contribution in [-0.2, 0) is 7.05 Å². The summed E-state index contributed by atoms with van der Waals surface area (Å²) in [6.07, 6.45) is 4.63. The van der Waals surface area contributed by atoms with Crippen molar-refractivity contribution in [2.75, 3.05) is 11.1 Å². The first-order chi connectivity index (χ1) is 17.4. The monoisotopic (exact) mass is 482 g/mol. The average Bonchev–Trinajstić information content (AvgIpc) is 3.51. The van der Waals surface area contributed by atoms with Crippen LogP contribution in [0.1, 0.15) is 35.3 Å². The summed E-state index contributed by atoms with van der Waals surface area (Å²) < 4.78 is 17.2. The lowest BCUT2D eigenvalue weighted by Gasteiger charge is -2.15. The van der Waals surface area contributed by atoms with Gasteiger partial charge in [-0.1, -0.05) is 17.3 Å². The molecule has 3 aromatic heterocycles. The topological polar surface area (TPSA) is 162 Å². The van der Waals surface area contributed by atoms with E-state index in [1.54, 1.807) is 54.5 Å². The van der Waals surface area contributed by atoms with Crippen LogP contribution in [0, 0.1) is 17.1 Å². The molecule has 0 radical (unpaired) electrons. The van der Waals surface area contributed by atoms with Crippen LogP contribution in [-0.4, -0.2) is 40.5 Å². The molecule has 3 heterocycles. The van der Waals surface area contributed by atoms with Gasteiger partial charge in [-0.15, -0.1) is 5.10 Å². The number of aryl methyl sites for hydroxylation is 1. The lowest BCUT2D eigenvalue weighted by atomic mass is 9.97. The summed E-state index contributed by atoms with van der Waals surface area (Å²) in [5.74, 6) is 0.114. The Morgan fingerprint density at radius 2 is 2.06 bits per heavy atom. The zero-order valence-corrected chi connectivity index (χ0v) is 19.4. The van der Waals surface area contributed by atoms with Gasteiger partial charge in [-0.2, -0.15) is 10.4 Å². The van der Waals surface area contributed by atoms with Crippen LogP contribution in [0.15, 0.2) is 55.1 Å². The Bertz CT molecular complexity index is 1660. The first-order valence-electron chi connectivity index (χ1n) is 10.9. The Hall–Kier alpha value is -5.18. The highest BCUT2D eigenvalue weighted by molar-refractivity contribution is 6.20. The molecule has 0 aliphatic rings. The summed E-state index contributed by atoms with van der Waals surface area (Å²) in [7, 11) is 1.78. The Morgan fingerprint density at radius 3 is 2.83 bits per heavy atom. The fourth-order valence-corrected chi connectivity index (χ4v) is 3.95. The lowest BCUT2D eigenvalue weighted by molar-refractivity contribution is -0.111. The first kappa shape index (κ1) is 22.6. The summed E-state index contributed by atoms with van der Waals surface area (Å²) in [6.45, 7) is 1.85. The molecule has 1 atom stereocenters. The standard InChI is InChI=1S/C24H20FN11/c1-13(18-11-36(34-33-18)19-6-4-3-5-17(19)25)32-24-21(23(28)29-12-30-24)22(27)15-7-14(9-26)8-20-16(15)10-31-35(20)2/h3-8,10-13,27H,1-2H3,(H3,28,29,30,32)/p+1. The molecule has 5 aromatic rings. The number of rotatable bonds is 6. The third-order valence-corrected chi connectivity index (χ3v) is 5.84. The Morgan fingerprint density at radius 1 is 1.25 bits per heavy atom. The third-order valence-electron chi connectivity index (χ3n) is 5.84. The van der Waals surface area contributed by atoms with E-state index < -0.39 is 11.9 Å². The highest BCUT2D eigenvalue weighted by atomic mass is 19.1. The number of fused-ring (bicyclic) bond motifs is 1. The molecule has 0 aliphatic heterocycles. The van der Waals surface area contributed by atoms with Crippen LogP contribution < -0.4 is 16.5 Å². The van der Waals surface area contributed by atoms with Crippen LogP contribution in [0.2, 0.25) is 0 Å². The fraction of sp³-hybridized carbons (Fsp3) is 0.125. The van der Waals surface area contributed by atoms with Crippen molar-refractivity contribution in [1.29, 1.82) is 5.26 Å². The van der Waals surface area contributed by atoms with Crippen LogP contribution in [0.3, 0.4) is 0 Å². The van der Waals surface area contributed by atoms with E-state index in [-0.39, 0.29) is 17.2 Å². The summed E-state index contributed by atoms with van der Waals surface area (Å²) >= 11 is 0. The number of nitriles is 1. The number of benzene rings is 2. The normalized spacial score (nSPS) is 11.8. The molecule has 0 fully saturated rings. The number of nitrogens with two attached hydrogens (primary N) is 2. The molecular weight excluding hydrogens is 461 g/mol. The molecule has 1 unspecified atom stereocenters. The van der Waals surface area contributed by atoms with Crippen molar-refractivity contribution in [2.45, 2.75) is 13.0 Å². The van der Waals surface area contributed by atoms with Crippen molar-refractivity contribution in [2.24, 2.45) is 7.05 Å². The van der Waals surface area contributed by atoms with Crippen molar-refractivity contribution >= 4 is 28.3 Å². The minimum atomic E-state index is -0.413. The maximum Gasteiger partial charge on any atom is 0.219 e. The van der Waals surface area contributed by atoms with Crippen molar-refractivity contribution in [3.05, 3.63) is 83.3 Å². The molecule has 0 aliphatic carbocycles. The van der Waals surface area contributed by atoms with Gasteiger partial charge in [0.15, 0.2) is 0 Å². The van der Waals surface area contributed by atoms with E-state index in [2.05, 4.69) is 36.8 Å². The molecule has 0 saturated heterocycles. The molecule has 5 N–H and O–H groups in total. The van der Waals surface area contributed by atoms with E-state index in [1.807, 2.05) is 6.92 Å². The highest BCUT2D eigenvalue weighted by Crippen LogP contribution is 2.28. The zero-order chi connectivity index (χ0) is 25.4. The lowest BCUT2D eigenvalue weighted by Crippen LogP contribution is -2.42. The van der Waals surface area contributed by atoms with E-state index >= 15 is 0 Å². The van der Waals surface area contributed by atoms with Crippen molar-refractivity contribution in [1.82, 2.24) is 34.7 Å². The molecule has 12 heteroatoms. The maximum absolute atomic E-state index is 14.2. The molecule has 0 amide bonds. The minimum absolute atomic E-state index is 0.159. The van der Waals surface area contributed by atoms with Crippen LogP contribution in [0.5, 0.6) is 0 Å². The molecular formula is C24H21FN11+. The van der Waals surface area contributed by atoms with Crippen molar-refractivity contribution < 1.29 is 9.80 Å². The predicted octanol–water partition coefficient (Wildman–Crippen LogP) is 1.31. The predicted molar refractivity (Wildman–Crippen MR) is 130 cm³/mol. The second kappa shape index (κ2) is 8.88. The largest absolute Gasteiger partial charge is 0.383 e. The van der Waals surface area contributed by atoms with Gasteiger partial charge >= 0.3 is 0 Å². The minimum Gasteiger partial charge on any atom is -0.383 e. The summed E-state index contributed by atoms with van der Waals surface area (Å²) in [4.78, 5) is 8.47. The summed E-state index contributed by atoms with van der Waals surface area (Å²) in [5, 5.41) is 32.7. The number of anilines is 2. The second-order valence-corrected chi connectivity index (χ2v) is 8.14. The van der Waals surface area contributed by atoms with Gasteiger partial charge in [0.05, 0.1) is 41.1 Å². The second-order valence-electron chi connectivity index (χ2n) is 8.14. The van der Waals surface area contributed by atoms with Gasteiger partial charge in [0, 0.05) is 12.4 Å². The molecule has 178 valence electrons. The number of hydrogen-bond donors (Lipinski definition) is 3. The van der Waals surface area contributed by atoms with Crippen molar-refractivity contribution in [3.63, 3.8) is 0 Å². The number of nitrogen functional groups attached to an aromatic ring is 1. The van der Waals surface area contributed by atoms with Gasteiger partial charge < -0.3 is 11.1 Å². The SMILES string of the molecule is CC(Nc1ncnc(N)c1C(=[NH2+])c1cc(C#N)cc2c1cnn2C)c1cn(-c2ccccc2F)nn1. The van der Waals surface area contributed by atoms with E-state index in [0.29, 0.717) is 28.2 Å². The Balaban J connectivity index is 1.51. The fourth-order valence-electron chi connectivity index (χ4n) is 3.95. The number of aromatic nitrogens is 7. The first-order valence-corrected chi connectivity index (χ1v) is 10.9. The van der Waals surface area contributed by atoms with E-state index in [0.717, 1.165) is 10.9 Å². The van der Waals surface area contributed by atoms with E-state index in [4.69, 9.17) is 11.1 Å². The summed E-state index contributed by atoms with van der Waals surface area (Å²) in [6, 6.07) is 11.5. The average molecular weight is 483 g/mol. The molecule has 11 nitrogen and oxygen atoms in total. The quantitative estimate of drug-likeness (QED) is 0.305. The van der Waals surface area contributed by atoms with E-state index in [9.17, 15) is 9.65 Å². The molecule has 0 bridgehead atoms. The molecule has 2 aromatic carbocycles. The molecule has 36 heavy (non-hydrogen) atoms. The van der Waals surface area contributed by atoms with Crippen LogP contribution in [0.4, 0.5) is 16.0 Å². The van der Waals surface area contributed by atoms with Gasteiger partial charge in [-0.05, 0) is 31.2 Å².